The van der Waals surface area contributed by atoms with Gasteiger partial charge in [-0.15, -0.1) is 0 Å². The molecule has 116 valence electrons. The summed E-state index contributed by atoms with van der Waals surface area (Å²) in [6.45, 7) is 1.10. The molecule has 1 rings (SSSR count). The van der Waals surface area contributed by atoms with E-state index in [4.69, 9.17) is 0 Å². The molecule has 0 heterocycles. The molecule has 5 nitrogen and oxygen atoms in total. The first-order valence-corrected chi connectivity index (χ1v) is 5.84. The summed E-state index contributed by atoms with van der Waals surface area (Å²) in [5, 5.41) is 10.6. The van der Waals surface area contributed by atoms with Crippen molar-refractivity contribution >= 4 is 11.6 Å². The maximum atomic E-state index is 13.6. The third kappa shape index (κ3) is 4.40. The SMILES string of the molecule is CC(C)N(CC(F)(F)F)C(=O)c1cc([N+](=O)[O-])ccc1F. The second-order valence-corrected chi connectivity index (χ2v) is 4.56. The van der Waals surface area contributed by atoms with Crippen molar-refractivity contribution in [2.24, 2.45) is 0 Å². The zero-order valence-electron chi connectivity index (χ0n) is 11.1. The predicted octanol–water partition coefficient (Wildman–Crippen LogP) is 3.15. The molecular weight excluding hydrogens is 296 g/mol. The Morgan fingerprint density at radius 2 is 1.95 bits per heavy atom. The Hall–Kier alpha value is -2.19. The van der Waals surface area contributed by atoms with Crippen LogP contribution in [0.4, 0.5) is 23.2 Å². The number of hydrogen-bond acceptors (Lipinski definition) is 3. The van der Waals surface area contributed by atoms with Gasteiger partial charge in [-0.25, -0.2) is 4.39 Å². The Kier molecular flexibility index (Phi) is 4.87. The highest BCUT2D eigenvalue weighted by Crippen LogP contribution is 2.23. The van der Waals surface area contributed by atoms with Crippen molar-refractivity contribution in [2.45, 2.75) is 26.1 Å². The van der Waals surface area contributed by atoms with Crippen molar-refractivity contribution in [1.82, 2.24) is 4.90 Å². The lowest BCUT2D eigenvalue weighted by Crippen LogP contribution is -2.43. The van der Waals surface area contributed by atoms with Crippen LogP contribution in [0.1, 0.15) is 24.2 Å². The van der Waals surface area contributed by atoms with Crippen molar-refractivity contribution < 1.29 is 27.3 Å². The second kappa shape index (κ2) is 6.06. The molecule has 0 saturated heterocycles. The molecule has 1 amide bonds. The molecule has 9 heteroatoms. The average Bonchev–Trinajstić information content (AvgIpc) is 2.34. The van der Waals surface area contributed by atoms with Crippen LogP contribution in [0.15, 0.2) is 18.2 Å². The van der Waals surface area contributed by atoms with Crippen molar-refractivity contribution in [3.63, 3.8) is 0 Å². The summed E-state index contributed by atoms with van der Waals surface area (Å²) in [4.78, 5) is 22.2. The number of halogens is 4. The number of benzene rings is 1. The van der Waals surface area contributed by atoms with Gasteiger partial charge in [-0.3, -0.25) is 14.9 Å². The molecule has 0 bridgehead atoms. The van der Waals surface area contributed by atoms with E-state index in [0.717, 1.165) is 6.07 Å². The molecule has 0 fully saturated rings. The molecule has 0 unspecified atom stereocenters. The van der Waals surface area contributed by atoms with Crippen LogP contribution in [0.25, 0.3) is 0 Å². The van der Waals surface area contributed by atoms with Crippen LogP contribution in [0.2, 0.25) is 0 Å². The fraction of sp³-hybridized carbons (Fsp3) is 0.417. The molecule has 1 aromatic carbocycles. The number of nitro groups is 1. The van der Waals surface area contributed by atoms with Crippen LogP contribution < -0.4 is 0 Å². The number of nitro benzene ring substituents is 1. The normalized spacial score (nSPS) is 11.6. The van der Waals surface area contributed by atoms with Crippen LogP contribution in [0, 0.1) is 15.9 Å². The molecule has 0 saturated carbocycles. The lowest BCUT2D eigenvalue weighted by atomic mass is 10.1. The summed E-state index contributed by atoms with van der Waals surface area (Å²) in [5.74, 6) is -2.36. The van der Waals surface area contributed by atoms with E-state index in [1.807, 2.05) is 0 Å². The fourth-order valence-corrected chi connectivity index (χ4v) is 1.63. The number of alkyl halides is 3. The molecule has 0 aliphatic carbocycles. The Balaban J connectivity index is 3.20. The molecule has 0 radical (unpaired) electrons. The minimum absolute atomic E-state index is 0.405. The number of amides is 1. The minimum Gasteiger partial charge on any atom is -0.327 e. The first kappa shape index (κ1) is 16.9. The summed E-state index contributed by atoms with van der Waals surface area (Å²) in [5.41, 5.74) is -1.34. The fourth-order valence-electron chi connectivity index (χ4n) is 1.63. The summed E-state index contributed by atoms with van der Waals surface area (Å²) < 4.78 is 51.0. The van der Waals surface area contributed by atoms with E-state index >= 15 is 0 Å². The summed E-state index contributed by atoms with van der Waals surface area (Å²) in [6, 6.07) is 1.29. The van der Waals surface area contributed by atoms with Gasteiger partial charge in [0, 0.05) is 18.2 Å². The van der Waals surface area contributed by atoms with Crippen LogP contribution in [-0.4, -0.2) is 34.5 Å². The van der Waals surface area contributed by atoms with E-state index in [9.17, 15) is 32.5 Å². The smallest absolute Gasteiger partial charge is 0.327 e. The molecule has 0 spiro atoms. The Labute approximate surface area is 117 Å². The maximum Gasteiger partial charge on any atom is 0.406 e. The van der Waals surface area contributed by atoms with E-state index in [1.54, 1.807) is 0 Å². The standard InChI is InChI=1S/C12H12F4N2O3/c1-7(2)17(6-12(14,15)16)11(19)9-5-8(18(20)21)3-4-10(9)13/h3-5,7H,6H2,1-2H3. The van der Waals surface area contributed by atoms with Gasteiger partial charge in [0.1, 0.15) is 12.4 Å². The molecule has 0 N–H and O–H groups in total. The molecular formula is C12H12F4N2O3. The Morgan fingerprint density at radius 1 is 1.38 bits per heavy atom. The second-order valence-electron chi connectivity index (χ2n) is 4.56. The van der Waals surface area contributed by atoms with Gasteiger partial charge in [-0.2, -0.15) is 13.2 Å². The van der Waals surface area contributed by atoms with E-state index in [2.05, 4.69) is 0 Å². The van der Waals surface area contributed by atoms with Gasteiger partial charge in [0.25, 0.3) is 11.6 Å². The van der Waals surface area contributed by atoms with Gasteiger partial charge in [-0.1, -0.05) is 0 Å². The van der Waals surface area contributed by atoms with Gasteiger partial charge in [-0.05, 0) is 19.9 Å². The highest BCUT2D eigenvalue weighted by molar-refractivity contribution is 5.95. The summed E-state index contributed by atoms with van der Waals surface area (Å²) >= 11 is 0. The quantitative estimate of drug-likeness (QED) is 0.487. The number of hydrogen-bond donors (Lipinski definition) is 0. The van der Waals surface area contributed by atoms with Crippen LogP contribution in [0.3, 0.4) is 0 Å². The number of non-ortho nitro benzene ring substituents is 1. The highest BCUT2D eigenvalue weighted by Gasteiger charge is 2.35. The first-order valence-electron chi connectivity index (χ1n) is 5.84. The number of carbonyl (C=O) groups excluding carboxylic acids is 1. The third-order valence-corrected chi connectivity index (χ3v) is 2.63. The zero-order chi connectivity index (χ0) is 16.4. The van der Waals surface area contributed by atoms with Crippen molar-refractivity contribution in [2.75, 3.05) is 6.54 Å². The monoisotopic (exact) mass is 308 g/mol. The lowest BCUT2D eigenvalue weighted by Gasteiger charge is -2.27. The molecule has 0 aliphatic rings. The molecule has 1 aromatic rings. The molecule has 0 aromatic heterocycles. The first-order chi connectivity index (χ1) is 9.53. The van der Waals surface area contributed by atoms with Gasteiger partial charge in [0.2, 0.25) is 0 Å². The minimum atomic E-state index is -4.66. The van der Waals surface area contributed by atoms with Crippen molar-refractivity contribution in [3.8, 4) is 0 Å². The third-order valence-electron chi connectivity index (χ3n) is 2.63. The predicted molar refractivity (Wildman–Crippen MR) is 65.3 cm³/mol. The Bertz CT molecular complexity index is 558. The molecule has 0 aliphatic heterocycles. The van der Waals surface area contributed by atoms with Gasteiger partial charge >= 0.3 is 6.18 Å². The molecule has 21 heavy (non-hydrogen) atoms. The highest BCUT2D eigenvalue weighted by atomic mass is 19.4. The average molecular weight is 308 g/mol. The summed E-state index contributed by atoms with van der Waals surface area (Å²) in [7, 11) is 0. The van der Waals surface area contributed by atoms with Crippen LogP contribution in [-0.2, 0) is 0 Å². The van der Waals surface area contributed by atoms with Crippen LogP contribution in [0.5, 0.6) is 0 Å². The van der Waals surface area contributed by atoms with Gasteiger partial charge < -0.3 is 4.90 Å². The van der Waals surface area contributed by atoms with Crippen molar-refractivity contribution in [1.29, 1.82) is 0 Å². The van der Waals surface area contributed by atoms with E-state index in [0.29, 0.717) is 17.0 Å². The summed E-state index contributed by atoms with van der Waals surface area (Å²) in [6.07, 6.45) is -4.66. The number of nitrogens with zero attached hydrogens (tertiary/aromatic N) is 2. The van der Waals surface area contributed by atoms with Crippen LogP contribution >= 0.6 is 0 Å². The zero-order valence-corrected chi connectivity index (χ0v) is 11.1. The van der Waals surface area contributed by atoms with E-state index < -0.39 is 46.7 Å². The number of carbonyl (C=O) groups is 1. The Morgan fingerprint density at radius 3 is 2.38 bits per heavy atom. The largest absolute Gasteiger partial charge is 0.406 e. The van der Waals surface area contributed by atoms with Gasteiger partial charge in [0.05, 0.1) is 10.5 Å². The topological polar surface area (TPSA) is 63.5 Å². The molecule has 0 atom stereocenters. The maximum absolute atomic E-state index is 13.6. The van der Waals surface area contributed by atoms with E-state index in [1.165, 1.54) is 13.8 Å². The lowest BCUT2D eigenvalue weighted by molar-refractivity contribution is -0.384. The van der Waals surface area contributed by atoms with Gasteiger partial charge in [0.15, 0.2) is 0 Å². The van der Waals surface area contributed by atoms with E-state index in [-0.39, 0.29) is 0 Å². The van der Waals surface area contributed by atoms with Crippen molar-refractivity contribution in [3.05, 3.63) is 39.7 Å². The number of rotatable bonds is 4.